The van der Waals surface area contributed by atoms with E-state index in [1.54, 1.807) is 18.2 Å². The summed E-state index contributed by atoms with van der Waals surface area (Å²) < 4.78 is 10.1. The van der Waals surface area contributed by atoms with E-state index in [9.17, 15) is 4.79 Å². The number of aromatic nitrogens is 1. The summed E-state index contributed by atoms with van der Waals surface area (Å²) in [7, 11) is 1.31. The van der Waals surface area contributed by atoms with Crippen LogP contribution in [0.5, 0.6) is 0 Å². The maximum atomic E-state index is 11.5. The summed E-state index contributed by atoms with van der Waals surface area (Å²) in [6, 6.07) is 8.69. The molecule has 0 aliphatic heterocycles. The van der Waals surface area contributed by atoms with E-state index in [-0.39, 0.29) is 5.76 Å². The number of methoxy groups -OCH3 is 1. The zero-order chi connectivity index (χ0) is 19.6. The molecule has 0 atom stereocenters. The molecule has 0 bridgehead atoms. The van der Waals surface area contributed by atoms with Gasteiger partial charge in [0.15, 0.2) is 11.0 Å². The molecule has 1 aromatic carbocycles. The standard InChI is InChI=1S/C19H18Cl2N2O3S/c1-10(2)8-15-17(11-4-5-12(20)13(21)9-11)23-19(27-15)22-16-7-6-14(26-16)18(24)25-3/h4-7,9-10H,8H2,1-3H3,(H,22,23). The average Bonchev–Trinajstić information content (AvgIpc) is 3.24. The van der Waals surface area contributed by atoms with E-state index in [1.165, 1.54) is 18.4 Å². The zero-order valence-electron chi connectivity index (χ0n) is 15.0. The third-order valence-corrected chi connectivity index (χ3v) is 5.44. The Morgan fingerprint density at radius 1 is 1.26 bits per heavy atom. The molecule has 0 aliphatic carbocycles. The van der Waals surface area contributed by atoms with Gasteiger partial charge in [-0.2, -0.15) is 0 Å². The summed E-state index contributed by atoms with van der Waals surface area (Å²) in [4.78, 5) is 17.4. The van der Waals surface area contributed by atoms with E-state index in [0.29, 0.717) is 27.0 Å². The van der Waals surface area contributed by atoms with Crippen molar-refractivity contribution in [1.82, 2.24) is 4.98 Å². The summed E-state index contributed by atoms with van der Waals surface area (Å²) >= 11 is 13.7. The lowest BCUT2D eigenvalue weighted by Gasteiger charge is -2.06. The molecule has 3 aromatic rings. The molecule has 0 spiro atoms. The number of anilines is 2. The van der Waals surface area contributed by atoms with Crippen LogP contribution in [-0.2, 0) is 11.2 Å². The van der Waals surface area contributed by atoms with Crippen LogP contribution < -0.4 is 5.32 Å². The summed E-state index contributed by atoms with van der Waals surface area (Å²) in [5.74, 6) is 0.484. The molecular weight excluding hydrogens is 407 g/mol. The number of hydrogen-bond donors (Lipinski definition) is 1. The van der Waals surface area contributed by atoms with Gasteiger partial charge in [0.2, 0.25) is 5.76 Å². The van der Waals surface area contributed by atoms with Crippen molar-refractivity contribution in [3.63, 3.8) is 0 Å². The van der Waals surface area contributed by atoms with Gasteiger partial charge in [0.05, 0.1) is 22.8 Å². The van der Waals surface area contributed by atoms with Crippen molar-refractivity contribution in [3.05, 3.63) is 51.0 Å². The van der Waals surface area contributed by atoms with E-state index in [0.717, 1.165) is 22.6 Å². The highest BCUT2D eigenvalue weighted by atomic mass is 35.5. The molecule has 0 aliphatic rings. The second kappa shape index (κ2) is 8.33. The second-order valence-electron chi connectivity index (χ2n) is 6.30. The lowest BCUT2D eigenvalue weighted by Crippen LogP contribution is -1.98. The van der Waals surface area contributed by atoms with Gasteiger partial charge in [-0.1, -0.05) is 43.1 Å². The van der Waals surface area contributed by atoms with Gasteiger partial charge in [0, 0.05) is 16.5 Å². The Hall–Kier alpha value is -2.02. The highest BCUT2D eigenvalue weighted by molar-refractivity contribution is 7.16. The average molecular weight is 425 g/mol. The number of carbonyl (C=O) groups excluding carboxylic acids is 1. The Morgan fingerprint density at radius 2 is 2.04 bits per heavy atom. The first-order chi connectivity index (χ1) is 12.9. The minimum absolute atomic E-state index is 0.128. The molecule has 1 N–H and O–H groups in total. The molecule has 0 fully saturated rings. The first kappa shape index (κ1) is 19.7. The van der Waals surface area contributed by atoms with Gasteiger partial charge >= 0.3 is 5.97 Å². The molecule has 0 unspecified atom stereocenters. The molecule has 5 nitrogen and oxygen atoms in total. The van der Waals surface area contributed by atoms with Crippen molar-refractivity contribution >= 4 is 51.5 Å². The molecule has 0 saturated heterocycles. The molecule has 0 radical (unpaired) electrons. The number of nitrogens with one attached hydrogen (secondary N) is 1. The Morgan fingerprint density at radius 3 is 2.70 bits per heavy atom. The largest absolute Gasteiger partial charge is 0.463 e. The van der Waals surface area contributed by atoms with Gasteiger partial charge in [0.25, 0.3) is 0 Å². The lowest BCUT2D eigenvalue weighted by molar-refractivity contribution is 0.0566. The fourth-order valence-electron chi connectivity index (χ4n) is 2.50. The molecule has 2 heterocycles. The normalized spacial score (nSPS) is 11.0. The maximum absolute atomic E-state index is 11.5. The number of furan rings is 1. The molecule has 8 heteroatoms. The van der Waals surface area contributed by atoms with Gasteiger partial charge in [-0.05, 0) is 30.5 Å². The fourth-order valence-corrected chi connectivity index (χ4v) is 4.00. The van der Waals surface area contributed by atoms with E-state index in [2.05, 4.69) is 23.9 Å². The van der Waals surface area contributed by atoms with E-state index < -0.39 is 5.97 Å². The Balaban J connectivity index is 1.92. The van der Waals surface area contributed by atoms with Crippen LogP contribution in [0.2, 0.25) is 10.0 Å². The Bertz CT molecular complexity index is 966. The smallest absolute Gasteiger partial charge is 0.374 e. The van der Waals surface area contributed by atoms with E-state index >= 15 is 0 Å². The molecule has 0 amide bonds. The third-order valence-electron chi connectivity index (χ3n) is 3.71. The first-order valence-electron chi connectivity index (χ1n) is 8.27. The van der Waals surface area contributed by atoms with Crippen molar-refractivity contribution in [2.45, 2.75) is 20.3 Å². The third kappa shape index (κ3) is 4.64. The van der Waals surface area contributed by atoms with Gasteiger partial charge in [-0.15, -0.1) is 11.3 Å². The van der Waals surface area contributed by atoms with Crippen LogP contribution in [0.3, 0.4) is 0 Å². The number of rotatable bonds is 6. The summed E-state index contributed by atoms with van der Waals surface area (Å²) in [5, 5.41) is 4.76. The van der Waals surface area contributed by atoms with Crippen LogP contribution in [0.1, 0.15) is 29.3 Å². The molecule has 0 saturated carbocycles. The van der Waals surface area contributed by atoms with Crippen LogP contribution in [0.25, 0.3) is 11.3 Å². The number of ether oxygens (including phenoxy) is 1. The van der Waals surface area contributed by atoms with Crippen LogP contribution in [-0.4, -0.2) is 18.1 Å². The number of carbonyl (C=O) groups is 1. The van der Waals surface area contributed by atoms with E-state index in [1.807, 2.05) is 12.1 Å². The second-order valence-corrected chi connectivity index (χ2v) is 8.20. The van der Waals surface area contributed by atoms with Crippen LogP contribution in [0.4, 0.5) is 11.0 Å². The fraction of sp³-hybridized carbons (Fsp3) is 0.263. The van der Waals surface area contributed by atoms with Gasteiger partial charge < -0.3 is 14.5 Å². The lowest BCUT2D eigenvalue weighted by atomic mass is 10.0. The van der Waals surface area contributed by atoms with Gasteiger partial charge in [-0.3, -0.25) is 0 Å². The van der Waals surface area contributed by atoms with Crippen LogP contribution in [0, 0.1) is 5.92 Å². The molecule has 142 valence electrons. The van der Waals surface area contributed by atoms with Crippen molar-refractivity contribution in [2.24, 2.45) is 5.92 Å². The van der Waals surface area contributed by atoms with Crippen molar-refractivity contribution in [3.8, 4) is 11.3 Å². The Kier molecular flexibility index (Phi) is 6.09. The van der Waals surface area contributed by atoms with Crippen molar-refractivity contribution in [2.75, 3.05) is 12.4 Å². The molecular formula is C19H18Cl2N2O3S. The minimum Gasteiger partial charge on any atom is -0.463 e. The summed E-state index contributed by atoms with van der Waals surface area (Å²) in [6.07, 6.45) is 0.875. The quantitative estimate of drug-likeness (QED) is 0.461. The predicted molar refractivity (Wildman–Crippen MR) is 109 cm³/mol. The monoisotopic (exact) mass is 424 g/mol. The maximum Gasteiger partial charge on any atom is 0.374 e. The summed E-state index contributed by atoms with van der Waals surface area (Å²) in [6.45, 7) is 4.31. The van der Waals surface area contributed by atoms with Crippen LogP contribution >= 0.6 is 34.5 Å². The van der Waals surface area contributed by atoms with E-state index in [4.69, 9.17) is 32.6 Å². The predicted octanol–water partition coefficient (Wildman–Crippen LogP) is 6.44. The Labute approximate surface area is 171 Å². The number of esters is 1. The number of nitrogens with zero attached hydrogens (tertiary/aromatic N) is 1. The SMILES string of the molecule is COC(=O)c1ccc(Nc2nc(-c3ccc(Cl)c(Cl)c3)c(CC(C)C)s2)o1. The zero-order valence-corrected chi connectivity index (χ0v) is 17.3. The number of thiazole rings is 1. The minimum atomic E-state index is -0.529. The van der Waals surface area contributed by atoms with Gasteiger partial charge in [0.1, 0.15) is 0 Å². The highest BCUT2D eigenvalue weighted by Crippen LogP contribution is 2.36. The highest BCUT2D eigenvalue weighted by Gasteiger charge is 2.17. The molecule has 2 aromatic heterocycles. The molecule has 27 heavy (non-hydrogen) atoms. The van der Waals surface area contributed by atoms with Crippen molar-refractivity contribution in [1.29, 1.82) is 0 Å². The molecule has 3 rings (SSSR count). The summed E-state index contributed by atoms with van der Waals surface area (Å²) in [5.41, 5.74) is 1.76. The van der Waals surface area contributed by atoms with Gasteiger partial charge in [-0.25, -0.2) is 9.78 Å². The number of halogens is 2. The first-order valence-corrected chi connectivity index (χ1v) is 9.85. The number of hydrogen-bond acceptors (Lipinski definition) is 6. The topological polar surface area (TPSA) is 64.4 Å². The van der Waals surface area contributed by atoms with Crippen molar-refractivity contribution < 1.29 is 13.9 Å². The van der Waals surface area contributed by atoms with Crippen LogP contribution in [0.15, 0.2) is 34.7 Å². The number of benzene rings is 1.